The third kappa shape index (κ3) is 9.91. The second-order valence-electron chi connectivity index (χ2n) is 7.67. The Labute approximate surface area is 183 Å². The summed E-state index contributed by atoms with van der Waals surface area (Å²) < 4.78 is 0. The lowest BCUT2D eigenvalue weighted by Gasteiger charge is -2.25. The van der Waals surface area contributed by atoms with Crippen LogP contribution in [0.15, 0.2) is 30.3 Å². The monoisotopic (exact) mass is 435 g/mol. The van der Waals surface area contributed by atoms with Gasteiger partial charge in [0.15, 0.2) is 0 Å². The van der Waals surface area contributed by atoms with Crippen molar-refractivity contribution in [1.29, 1.82) is 0 Å². The SMILES string of the molecule is CSCC[C@@H](C=O)NC(=O)[C@H](CC(C)C)NC(=O)[C@H](Cc1ccccc1)NC(C)=O. The number of aldehydes is 1. The van der Waals surface area contributed by atoms with E-state index in [0.717, 1.165) is 17.6 Å². The fourth-order valence-electron chi connectivity index (χ4n) is 2.98. The first-order chi connectivity index (χ1) is 14.3. The largest absolute Gasteiger partial charge is 0.345 e. The molecule has 7 nitrogen and oxygen atoms in total. The molecule has 0 bridgehead atoms. The van der Waals surface area contributed by atoms with Crippen LogP contribution in [0.1, 0.15) is 39.2 Å². The third-order valence-corrected chi connectivity index (χ3v) is 5.09. The summed E-state index contributed by atoms with van der Waals surface area (Å²) in [6.07, 6.45) is 3.91. The Morgan fingerprint density at radius 1 is 1.00 bits per heavy atom. The van der Waals surface area contributed by atoms with Crippen LogP contribution in [0.2, 0.25) is 0 Å². The van der Waals surface area contributed by atoms with E-state index < -0.39 is 29.9 Å². The topological polar surface area (TPSA) is 104 Å². The molecule has 0 heterocycles. The van der Waals surface area contributed by atoms with Crippen LogP contribution in [0.5, 0.6) is 0 Å². The molecule has 1 rings (SSSR count). The molecule has 1 aromatic carbocycles. The highest BCUT2D eigenvalue weighted by Crippen LogP contribution is 2.09. The van der Waals surface area contributed by atoms with Crippen molar-refractivity contribution in [2.75, 3.05) is 12.0 Å². The second-order valence-corrected chi connectivity index (χ2v) is 8.65. The molecule has 0 spiro atoms. The summed E-state index contributed by atoms with van der Waals surface area (Å²) >= 11 is 1.59. The number of hydrogen-bond donors (Lipinski definition) is 3. The number of thioether (sulfide) groups is 1. The van der Waals surface area contributed by atoms with Crippen LogP contribution in [-0.2, 0) is 25.6 Å². The predicted molar refractivity (Wildman–Crippen MR) is 120 cm³/mol. The molecule has 0 saturated carbocycles. The Kier molecular flexibility index (Phi) is 11.8. The van der Waals surface area contributed by atoms with Crippen molar-refractivity contribution < 1.29 is 19.2 Å². The molecule has 1 aromatic rings. The quantitative estimate of drug-likeness (QED) is 0.409. The lowest BCUT2D eigenvalue weighted by Crippen LogP contribution is -2.55. The molecule has 0 fully saturated rings. The van der Waals surface area contributed by atoms with E-state index >= 15 is 0 Å². The van der Waals surface area contributed by atoms with Gasteiger partial charge in [-0.3, -0.25) is 14.4 Å². The molecule has 0 radical (unpaired) electrons. The molecule has 3 atom stereocenters. The Balaban J connectivity index is 2.90. The molecule has 3 N–H and O–H groups in total. The summed E-state index contributed by atoms with van der Waals surface area (Å²) in [6, 6.07) is 7.17. The molecular weight excluding hydrogens is 402 g/mol. The maximum Gasteiger partial charge on any atom is 0.243 e. The van der Waals surface area contributed by atoms with Crippen molar-refractivity contribution >= 4 is 35.8 Å². The first kappa shape index (κ1) is 25.7. The van der Waals surface area contributed by atoms with Crippen LogP contribution < -0.4 is 16.0 Å². The number of carbonyl (C=O) groups excluding carboxylic acids is 4. The first-order valence-electron chi connectivity index (χ1n) is 10.1. The van der Waals surface area contributed by atoms with Crippen LogP contribution in [0.25, 0.3) is 0 Å². The molecular formula is C22H33N3O4S. The Hall–Kier alpha value is -2.35. The molecule has 0 aromatic heterocycles. The van der Waals surface area contributed by atoms with Gasteiger partial charge >= 0.3 is 0 Å². The van der Waals surface area contributed by atoms with Crippen molar-refractivity contribution in [3.8, 4) is 0 Å². The fourth-order valence-corrected chi connectivity index (χ4v) is 3.47. The lowest BCUT2D eigenvalue weighted by molar-refractivity contribution is -0.132. The summed E-state index contributed by atoms with van der Waals surface area (Å²) in [4.78, 5) is 48.6. The van der Waals surface area contributed by atoms with Gasteiger partial charge in [0, 0.05) is 13.3 Å². The van der Waals surface area contributed by atoms with Gasteiger partial charge in [-0.2, -0.15) is 11.8 Å². The van der Waals surface area contributed by atoms with Crippen molar-refractivity contribution in [2.45, 2.75) is 58.2 Å². The van der Waals surface area contributed by atoms with Crippen molar-refractivity contribution in [3.63, 3.8) is 0 Å². The van der Waals surface area contributed by atoms with Gasteiger partial charge in [0.1, 0.15) is 18.4 Å². The molecule has 166 valence electrons. The lowest BCUT2D eigenvalue weighted by atomic mass is 10.0. The van der Waals surface area contributed by atoms with Crippen LogP contribution in [0.3, 0.4) is 0 Å². The number of nitrogens with one attached hydrogen (secondary N) is 3. The highest BCUT2D eigenvalue weighted by Gasteiger charge is 2.28. The number of amides is 3. The smallest absolute Gasteiger partial charge is 0.243 e. The molecule has 0 aliphatic carbocycles. The Morgan fingerprint density at radius 3 is 2.17 bits per heavy atom. The Morgan fingerprint density at radius 2 is 1.63 bits per heavy atom. The average molecular weight is 436 g/mol. The van der Waals surface area contributed by atoms with Crippen LogP contribution >= 0.6 is 11.8 Å². The van der Waals surface area contributed by atoms with Crippen LogP contribution in [0.4, 0.5) is 0 Å². The summed E-state index contributed by atoms with van der Waals surface area (Å²) in [5.41, 5.74) is 0.898. The van der Waals surface area contributed by atoms with E-state index in [-0.39, 0.29) is 11.8 Å². The second kappa shape index (κ2) is 13.8. The fraction of sp³-hybridized carbons (Fsp3) is 0.545. The predicted octanol–water partition coefficient (Wildman–Crippen LogP) is 1.70. The first-order valence-corrected chi connectivity index (χ1v) is 11.5. The molecule has 0 aliphatic heterocycles. The summed E-state index contributed by atoms with van der Waals surface area (Å²) in [5.74, 6) is -0.255. The molecule has 30 heavy (non-hydrogen) atoms. The van der Waals surface area contributed by atoms with Crippen LogP contribution in [-0.4, -0.2) is 54.1 Å². The van der Waals surface area contributed by atoms with E-state index in [2.05, 4.69) is 16.0 Å². The number of carbonyl (C=O) groups is 4. The van der Waals surface area contributed by atoms with Gasteiger partial charge in [0.2, 0.25) is 17.7 Å². The number of benzene rings is 1. The van der Waals surface area contributed by atoms with Crippen molar-refractivity contribution in [1.82, 2.24) is 16.0 Å². The van der Waals surface area contributed by atoms with E-state index in [1.807, 2.05) is 50.4 Å². The zero-order chi connectivity index (χ0) is 22.5. The van der Waals surface area contributed by atoms with Gasteiger partial charge in [0.05, 0.1) is 6.04 Å². The van der Waals surface area contributed by atoms with Gasteiger partial charge in [0.25, 0.3) is 0 Å². The zero-order valence-electron chi connectivity index (χ0n) is 18.1. The van der Waals surface area contributed by atoms with Gasteiger partial charge in [-0.25, -0.2) is 0 Å². The summed E-state index contributed by atoms with van der Waals surface area (Å²) in [5, 5.41) is 8.16. The van der Waals surface area contributed by atoms with E-state index in [4.69, 9.17) is 0 Å². The number of hydrogen-bond acceptors (Lipinski definition) is 5. The van der Waals surface area contributed by atoms with Crippen molar-refractivity contribution in [3.05, 3.63) is 35.9 Å². The van der Waals surface area contributed by atoms with E-state index in [0.29, 0.717) is 19.3 Å². The molecule has 8 heteroatoms. The van der Waals surface area contributed by atoms with Crippen molar-refractivity contribution in [2.24, 2.45) is 5.92 Å². The summed E-state index contributed by atoms with van der Waals surface area (Å²) in [7, 11) is 0. The van der Waals surface area contributed by atoms with E-state index in [1.54, 1.807) is 11.8 Å². The molecule has 0 saturated heterocycles. The molecule has 0 unspecified atom stereocenters. The van der Waals surface area contributed by atoms with Gasteiger partial charge in [-0.1, -0.05) is 44.2 Å². The maximum atomic E-state index is 12.9. The minimum absolute atomic E-state index is 0.148. The average Bonchev–Trinajstić information content (AvgIpc) is 2.70. The highest BCUT2D eigenvalue weighted by molar-refractivity contribution is 7.98. The maximum absolute atomic E-state index is 12.9. The van der Waals surface area contributed by atoms with Gasteiger partial charge < -0.3 is 20.7 Å². The van der Waals surface area contributed by atoms with E-state index in [1.165, 1.54) is 6.92 Å². The zero-order valence-corrected chi connectivity index (χ0v) is 19.0. The summed E-state index contributed by atoms with van der Waals surface area (Å²) in [6.45, 7) is 5.25. The minimum atomic E-state index is -0.800. The van der Waals surface area contributed by atoms with E-state index in [9.17, 15) is 19.2 Å². The molecule has 3 amide bonds. The normalized spacial score (nSPS) is 13.8. The minimum Gasteiger partial charge on any atom is -0.345 e. The van der Waals surface area contributed by atoms with Gasteiger partial charge in [-0.05, 0) is 36.3 Å². The van der Waals surface area contributed by atoms with Gasteiger partial charge in [-0.15, -0.1) is 0 Å². The highest BCUT2D eigenvalue weighted by atomic mass is 32.2. The molecule has 0 aliphatic rings. The third-order valence-electron chi connectivity index (χ3n) is 4.44. The standard InChI is InChI=1S/C22H33N3O4S/c1-15(2)12-19(21(28)24-18(14-26)10-11-30-4)25-22(29)20(23-16(3)27)13-17-8-6-5-7-9-17/h5-9,14-15,18-20H,10-13H2,1-4H3,(H,23,27)(H,24,28)(H,25,29)/t18-,19-,20-/m0/s1. The Bertz CT molecular complexity index is 697. The van der Waals surface area contributed by atoms with Crippen LogP contribution in [0, 0.1) is 5.92 Å². The number of rotatable bonds is 13.